The summed E-state index contributed by atoms with van der Waals surface area (Å²) >= 11 is 0. The Balaban J connectivity index is 1.52. The van der Waals surface area contributed by atoms with E-state index in [-0.39, 0.29) is 11.9 Å². The van der Waals surface area contributed by atoms with Gasteiger partial charge in [0.25, 0.3) is 0 Å². The first-order chi connectivity index (χ1) is 10.2. The molecule has 0 fully saturated rings. The molecule has 110 valence electrons. The third-order valence-corrected chi connectivity index (χ3v) is 3.21. The lowest BCUT2D eigenvalue weighted by molar-refractivity contribution is 0.0902. The van der Waals surface area contributed by atoms with Gasteiger partial charge in [-0.1, -0.05) is 12.1 Å². The van der Waals surface area contributed by atoms with Crippen molar-refractivity contribution in [2.45, 2.75) is 12.6 Å². The molecular weight excluding hydrogens is 273 g/mol. The molecule has 1 aliphatic heterocycles. The van der Waals surface area contributed by atoms with E-state index in [1.54, 1.807) is 0 Å². The van der Waals surface area contributed by atoms with Gasteiger partial charge in [-0.05, 0) is 29.8 Å². The van der Waals surface area contributed by atoms with Crippen LogP contribution in [0.2, 0.25) is 0 Å². The van der Waals surface area contributed by atoms with Crippen LogP contribution in [0.4, 0.5) is 4.39 Å². The Labute approximate surface area is 122 Å². The maximum atomic E-state index is 13.1. The lowest BCUT2D eigenvalue weighted by Gasteiger charge is -2.26. The third-order valence-electron chi connectivity index (χ3n) is 3.21. The van der Waals surface area contributed by atoms with E-state index >= 15 is 0 Å². The number of halogens is 1. The van der Waals surface area contributed by atoms with Gasteiger partial charge in [0, 0.05) is 19.2 Å². The highest BCUT2D eigenvalue weighted by Crippen LogP contribution is 2.30. The standard InChI is InChI=1S/C16H16FNO3/c17-12-5-11(6-13(19)7-12)8-18-9-14-10-20-15-3-1-2-4-16(15)21-14/h1-7,14,18-19H,8-10H2. The van der Waals surface area contributed by atoms with Crippen molar-refractivity contribution >= 4 is 0 Å². The molecule has 5 heteroatoms. The van der Waals surface area contributed by atoms with Crippen LogP contribution in [-0.2, 0) is 6.54 Å². The summed E-state index contributed by atoms with van der Waals surface area (Å²) in [6.07, 6.45) is -0.0953. The number of para-hydroxylation sites is 2. The van der Waals surface area contributed by atoms with Crippen LogP contribution >= 0.6 is 0 Å². The van der Waals surface area contributed by atoms with Gasteiger partial charge in [-0.25, -0.2) is 4.39 Å². The maximum Gasteiger partial charge on any atom is 0.161 e. The lowest BCUT2D eigenvalue weighted by Crippen LogP contribution is -2.38. The van der Waals surface area contributed by atoms with Crippen LogP contribution < -0.4 is 14.8 Å². The van der Waals surface area contributed by atoms with Crippen molar-refractivity contribution in [3.63, 3.8) is 0 Å². The molecule has 4 nitrogen and oxygen atoms in total. The van der Waals surface area contributed by atoms with Gasteiger partial charge in [0.1, 0.15) is 24.3 Å². The van der Waals surface area contributed by atoms with Gasteiger partial charge < -0.3 is 19.9 Å². The third kappa shape index (κ3) is 3.44. The number of phenols is 1. The molecule has 0 amide bonds. The largest absolute Gasteiger partial charge is 0.508 e. The minimum atomic E-state index is -0.446. The van der Waals surface area contributed by atoms with Gasteiger partial charge >= 0.3 is 0 Å². The van der Waals surface area contributed by atoms with E-state index in [0.29, 0.717) is 25.3 Å². The lowest BCUT2D eigenvalue weighted by atomic mass is 10.2. The van der Waals surface area contributed by atoms with Gasteiger partial charge in [-0.15, -0.1) is 0 Å². The predicted octanol–water partition coefficient (Wildman–Crippen LogP) is 2.46. The second-order valence-electron chi connectivity index (χ2n) is 4.95. The van der Waals surface area contributed by atoms with Crippen LogP contribution in [0.5, 0.6) is 17.2 Å². The van der Waals surface area contributed by atoms with Crippen molar-refractivity contribution in [3.8, 4) is 17.2 Å². The summed E-state index contributed by atoms with van der Waals surface area (Å²) in [5, 5.41) is 12.5. The summed E-state index contributed by atoms with van der Waals surface area (Å²) in [5.74, 6) is 0.971. The fourth-order valence-electron chi connectivity index (χ4n) is 2.28. The molecule has 2 N–H and O–H groups in total. The van der Waals surface area contributed by atoms with E-state index in [0.717, 1.165) is 17.6 Å². The first kappa shape index (κ1) is 13.7. The van der Waals surface area contributed by atoms with Crippen molar-refractivity contribution in [1.29, 1.82) is 0 Å². The molecule has 0 aromatic heterocycles. The van der Waals surface area contributed by atoms with Crippen molar-refractivity contribution in [2.24, 2.45) is 0 Å². The van der Waals surface area contributed by atoms with Crippen LogP contribution in [0, 0.1) is 5.82 Å². The molecule has 1 unspecified atom stereocenters. The van der Waals surface area contributed by atoms with Gasteiger partial charge in [-0.3, -0.25) is 0 Å². The summed E-state index contributed by atoms with van der Waals surface area (Å²) in [6, 6.07) is 11.5. The van der Waals surface area contributed by atoms with Crippen LogP contribution in [0.25, 0.3) is 0 Å². The quantitative estimate of drug-likeness (QED) is 0.908. The highest BCUT2D eigenvalue weighted by atomic mass is 19.1. The normalized spacial score (nSPS) is 16.7. The van der Waals surface area contributed by atoms with Gasteiger partial charge in [0.15, 0.2) is 11.5 Å². The molecule has 0 saturated heterocycles. The maximum absolute atomic E-state index is 13.1. The number of phenolic OH excluding ortho intramolecular Hbond substituents is 1. The predicted molar refractivity (Wildman–Crippen MR) is 76.1 cm³/mol. The Bertz CT molecular complexity index is 612. The summed E-state index contributed by atoms with van der Waals surface area (Å²) < 4.78 is 24.6. The van der Waals surface area contributed by atoms with Gasteiger partial charge in [-0.2, -0.15) is 0 Å². The van der Waals surface area contributed by atoms with Gasteiger partial charge in [0.2, 0.25) is 0 Å². The van der Waals surface area contributed by atoms with E-state index in [1.807, 2.05) is 24.3 Å². The van der Waals surface area contributed by atoms with Crippen LogP contribution in [0.3, 0.4) is 0 Å². The molecular formula is C16H16FNO3. The Morgan fingerprint density at radius 3 is 2.81 bits per heavy atom. The summed E-state index contributed by atoms with van der Waals surface area (Å²) in [7, 11) is 0. The van der Waals surface area contributed by atoms with Crippen molar-refractivity contribution in [3.05, 3.63) is 53.8 Å². The Hall–Kier alpha value is -2.27. The van der Waals surface area contributed by atoms with Gasteiger partial charge in [0.05, 0.1) is 0 Å². The molecule has 0 radical (unpaired) electrons. The van der Waals surface area contributed by atoms with E-state index in [4.69, 9.17) is 9.47 Å². The summed E-state index contributed by atoms with van der Waals surface area (Å²) in [5.41, 5.74) is 0.685. The average molecular weight is 289 g/mol. The monoisotopic (exact) mass is 289 g/mol. The van der Waals surface area contributed by atoms with Crippen LogP contribution in [0.15, 0.2) is 42.5 Å². The number of hydrogen-bond donors (Lipinski definition) is 2. The molecule has 2 aromatic rings. The summed E-state index contributed by atoms with van der Waals surface area (Å²) in [4.78, 5) is 0. The number of rotatable bonds is 4. The first-order valence-corrected chi connectivity index (χ1v) is 6.78. The molecule has 0 spiro atoms. The molecule has 1 heterocycles. The van der Waals surface area contributed by atoms with E-state index in [9.17, 15) is 9.50 Å². The molecule has 3 rings (SSSR count). The van der Waals surface area contributed by atoms with E-state index in [2.05, 4.69) is 5.32 Å². The van der Waals surface area contributed by atoms with Crippen molar-refractivity contribution < 1.29 is 19.0 Å². The minimum Gasteiger partial charge on any atom is -0.508 e. The molecule has 1 aliphatic rings. The Morgan fingerprint density at radius 2 is 2.00 bits per heavy atom. The second-order valence-corrected chi connectivity index (χ2v) is 4.95. The summed E-state index contributed by atoms with van der Waals surface area (Å²) in [6.45, 7) is 1.50. The zero-order valence-corrected chi connectivity index (χ0v) is 11.4. The smallest absolute Gasteiger partial charge is 0.161 e. The van der Waals surface area contributed by atoms with Crippen LogP contribution in [0.1, 0.15) is 5.56 Å². The molecule has 2 aromatic carbocycles. The highest BCUT2D eigenvalue weighted by Gasteiger charge is 2.19. The molecule has 1 atom stereocenters. The number of benzene rings is 2. The Morgan fingerprint density at radius 1 is 1.19 bits per heavy atom. The topological polar surface area (TPSA) is 50.7 Å². The number of nitrogens with one attached hydrogen (secondary N) is 1. The Kier molecular flexibility index (Phi) is 3.92. The fraction of sp³-hybridized carbons (Fsp3) is 0.250. The van der Waals surface area contributed by atoms with E-state index in [1.165, 1.54) is 12.1 Å². The average Bonchev–Trinajstić information content (AvgIpc) is 2.46. The van der Waals surface area contributed by atoms with Crippen LogP contribution in [-0.4, -0.2) is 24.4 Å². The number of hydrogen-bond acceptors (Lipinski definition) is 4. The zero-order chi connectivity index (χ0) is 14.7. The number of ether oxygens (including phenoxy) is 2. The SMILES string of the molecule is Oc1cc(F)cc(CNCC2COc3ccccc3O2)c1. The molecule has 0 aliphatic carbocycles. The van der Waals surface area contributed by atoms with Crippen molar-refractivity contribution in [2.75, 3.05) is 13.2 Å². The van der Waals surface area contributed by atoms with Crippen molar-refractivity contribution in [1.82, 2.24) is 5.32 Å². The molecule has 21 heavy (non-hydrogen) atoms. The zero-order valence-electron chi connectivity index (χ0n) is 11.4. The second kappa shape index (κ2) is 6.01. The molecule has 0 saturated carbocycles. The fourth-order valence-corrected chi connectivity index (χ4v) is 2.28. The number of aromatic hydroxyl groups is 1. The first-order valence-electron chi connectivity index (χ1n) is 6.78. The highest BCUT2D eigenvalue weighted by molar-refractivity contribution is 5.40. The molecule has 0 bridgehead atoms. The minimum absolute atomic E-state index is 0.0713. The van der Waals surface area contributed by atoms with E-state index < -0.39 is 5.82 Å². The number of fused-ring (bicyclic) bond motifs is 1.